The first kappa shape index (κ1) is 7.64. The number of halogens is 1. The lowest BCUT2D eigenvalue weighted by Crippen LogP contribution is -1.76. The Kier molecular flexibility index (Phi) is 2.01. The molecule has 0 unspecified atom stereocenters. The van der Waals surface area contributed by atoms with Crippen molar-refractivity contribution >= 4 is 22.9 Å². The Morgan fingerprint density at radius 1 is 1.17 bits per heavy atom. The molecule has 0 aliphatic carbocycles. The van der Waals surface area contributed by atoms with Crippen LogP contribution in [0.5, 0.6) is 0 Å². The quantitative estimate of drug-likeness (QED) is 0.704. The molecule has 5 heteroatoms. The lowest BCUT2D eigenvalue weighted by molar-refractivity contribution is 1.09. The predicted molar refractivity (Wildman–Crippen MR) is 48.2 cm³/mol. The first-order valence-corrected chi connectivity index (χ1v) is 4.45. The molecule has 0 aliphatic heterocycles. The van der Waals surface area contributed by atoms with E-state index in [9.17, 15) is 0 Å². The van der Waals surface area contributed by atoms with Crippen molar-refractivity contribution in [1.29, 1.82) is 0 Å². The van der Waals surface area contributed by atoms with E-state index in [0.717, 1.165) is 10.6 Å². The lowest BCUT2D eigenvalue weighted by Gasteiger charge is -1.90. The van der Waals surface area contributed by atoms with Gasteiger partial charge in [0.15, 0.2) is 0 Å². The number of aromatic nitrogens is 3. The topological polar surface area (TPSA) is 38.7 Å². The average molecular weight is 198 g/mol. The van der Waals surface area contributed by atoms with Crippen molar-refractivity contribution in [2.24, 2.45) is 0 Å². The van der Waals surface area contributed by atoms with Crippen molar-refractivity contribution in [3.05, 3.63) is 29.0 Å². The van der Waals surface area contributed by atoms with E-state index in [1.165, 1.54) is 11.3 Å². The van der Waals surface area contributed by atoms with Gasteiger partial charge in [-0.3, -0.25) is 4.98 Å². The molecule has 0 spiro atoms. The molecule has 2 aromatic heterocycles. The Labute approximate surface area is 78.1 Å². The molecule has 2 aromatic rings. The fourth-order valence-corrected chi connectivity index (χ4v) is 1.65. The first-order chi connectivity index (χ1) is 5.86. The summed E-state index contributed by atoms with van der Waals surface area (Å²) in [6, 6.07) is 3.74. The zero-order valence-electron chi connectivity index (χ0n) is 5.94. The van der Waals surface area contributed by atoms with Crippen LogP contribution in [0.3, 0.4) is 0 Å². The molecule has 0 atom stereocenters. The van der Waals surface area contributed by atoms with E-state index >= 15 is 0 Å². The van der Waals surface area contributed by atoms with Crippen LogP contribution in [0.15, 0.2) is 24.5 Å². The Bertz CT molecular complexity index is 373. The number of rotatable bonds is 1. The number of pyridine rings is 1. The highest BCUT2D eigenvalue weighted by molar-refractivity contribution is 7.18. The Hall–Kier alpha value is -1.000. The van der Waals surface area contributed by atoms with E-state index in [2.05, 4.69) is 15.2 Å². The fourth-order valence-electron chi connectivity index (χ4n) is 0.816. The minimum Gasteiger partial charge on any atom is -0.265 e. The molecule has 0 saturated heterocycles. The van der Waals surface area contributed by atoms with Gasteiger partial charge in [-0.1, -0.05) is 11.3 Å². The van der Waals surface area contributed by atoms with Gasteiger partial charge in [0.2, 0.25) is 4.47 Å². The average Bonchev–Trinajstić information content (AvgIpc) is 2.54. The summed E-state index contributed by atoms with van der Waals surface area (Å²) in [5.74, 6) is 0. The summed E-state index contributed by atoms with van der Waals surface area (Å²) >= 11 is 7.00. The third-order valence-electron chi connectivity index (χ3n) is 1.33. The van der Waals surface area contributed by atoms with E-state index in [1.54, 1.807) is 12.4 Å². The Morgan fingerprint density at radius 2 is 1.92 bits per heavy atom. The predicted octanol–water partition coefficient (Wildman–Crippen LogP) is 2.25. The maximum Gasteiger partial charge on any atom is 0.207 e. The highest BCUT2D eigenvalue weighted by atomic mass is 35.5. The van der Waals surface area contributed by atoms with Gasteiger partial charge in [-0.05, 0) is 23.7 Å². The molecule has 0 N–H and O–H groups in total. The second-order valence-electron chi connectivity index (χ2n) is 2.10. The molecule has 0 fully saturated rings. The normalized spacial score (nSPS) is 10.1. The molecule has 0 bridgehead atoms. The van der Waals surface area contributed by atoms with Crippen LogP contribution >= 0.6 is 22.9 Å². The van der Waals surface area contributed by atoms with Gasteiger partial charge in [-0.15, -0.1) is 10.2 Å². The van der Waals surface area contributed by atoms with E-state index in [1.807, 2.05) is 12.1 Å². The van der Waals surface area contributed by atoms with Gasteiger partial charge < -0.3 is 0 Å². The van der Waals surface area contributed by atoms with Crippen molar-refractivity contribution in [1.82, 2.24) is 15.2 Å². The van der Waals surface area contributed by atoms with E-state index in [4.69, 9.17) is 11.6 Å². The van der Waals surface area contributed by atoms with Crippen LogP contribution in [0.4, 0.5) is 0 Å². The zero-order chi connectivity index (χ0) is 8.39. The molecule has 0 aliphatic rings. The highest BCUT2D eigenvalue weighted by Gasteiger charge is 2.02. The van der Waals surface area contributed by atoms with E-state index < -0.39 is 0 Å². The van der Waals surface area contributed by atoms with Crippen molar-refractivity contribution < 1.29 is 0 Å². The molecular weight excluding hydrogens is 194 g/mol. The van der Waals surface area contributed by atoms with Crippen molar-refractivity contribution in [3.63, 3.8) is 0 Å². The third-order valence-corrected chi connectivity index (χ3v) is 2.40. The minimum atomic E-state index is 0.460. The summed E-state index contributed by atoms with van der Waals surface area (Å²) in [6.07, 6.45) is 3.43. The second-order valence-corrected chi connectivity index (χ2v) is 3.66. The largest absolute Gasteiger partial charge is 0.265 e. The van der Waals surface area contributed by atoms with Gasteiger partial charge in [-0.25, -0.2) is 0 Å². The van der Waals surface area contributed by atoms with Crippen molar-refractivity contribution in [2.75, 3.05) is 0 Å². The fraction of sp³-hybridized carbons (Fsp3) is 0. The van der Waals surface area contributed by atoms with E-state index in [-0.39, 0.29) is 0 Å². The smallest absolute Gasteiger partial charge is 0.207 e. The second kappa shape index (κ2) is 3.16. The van der Waals surface area contributed by atoms with E-state index in [0.29, 0.717) is 4.47 Å². The summed E-state index contributed by atoms with van der Waals surface area (Å²) in [5.41, 5.74) is 0.995. The van der Waals surface area contributed by atoms with Gasteiger partial charge in [0.1, 0.15) is 5.01 Å². The van der Waals surface area contributed by atoms with Crippen LogP contribution in [-0.4, -0.2) is 15.2 Å². The molecule has 0 radical (unpaired) electrons. The Balaban J connectivity index is 2.45. The van der Waals surface area contributed by atoms with Crippen molar-refractivity contribution in [2.45, 2.75) is 0 Å². The van der Waals surface area contributed by atoms with Gasteiger partial charge >= 0.3 is 0 Å². The monoisotopic (exact) mass is 197 g/mol. The summed E-state index contributed by atoms with van der Waals surface area (Å²) in [5, 5.41) is 8.42. The molecule has 3 nitrogen and oxygen atoms in total. The van der Waals surface area contributed by atoms with Gasteiger partial charge in [0.05, 0.1) is 0 Å². The molecule has 0 saturated carbocycles. The van der Waals surface area contributed by atoms with Gasteiger partial charge in [-0.2, -0.15) is 0 Å². The van der Waals surface area contributed by atoms with Gasteiger partial charge in [0, 0.05) is 18.0 Å². The highest BCUT2D eigenvalue weighted by Crippen LogP contribution is 2.24. The lowest BCUT2D eigenvalue weighted by atomic mass is 10.3. The van der Waals surface area contributed by atoms with Crippen LogP contribution in [-0.2, 0) is 0 Å². The van der Waals surface area contributed by atoms with Crippen molar-refractivity contribution in [3.8, 4) is 10.6 Å². The standard InChI is InChI=1S/C7H4ClN3S/c8-7-11-10-6(12-7)5-1-3-9-4-2-5/h1-4H. The maximum absolute atomic E-state index is 5.64. The van der Waals surface area contributed by atoms with Gasteiger partial charge in [0.25, 0.3) is 0 Å². The number of hydrogen-bond donors (Lipinski definition) is 0. The summed E-state index contributed by atoms with van der Waals surface area (Å²) in [4.78, 5) is 3.90. The molecule has 0 amide bonds. The summed E-state index contributed by atoms with van der Waals surface area (Å²) in [7, 11) is 0. The Morgan fingerprint density at radius 3 is 2.50 bits per heavy atom. The molecule has 60 valence electrons. The number of nitrogens with zero attached hydrogens (tertiary/aromatic N) is 3. The first-order valence-electron chi connectivity index (χ1n) is 3.25. The summed E-state index contributed by atoms with van der Waals surface area (Å²) < 4.78 is 0.460. The van der Waals surface area contributed by atoms with Crippen LogP contribution in [0.1, 0.15) is 0 Å². The number of hydrogen-bond acceptors (Lipinski definition) is 4. The van der Waals surface area contributed by atoms with Crippen LogP contribution in [0.25, 0.3) is 10.6 Å². The minimum absolute atomic E-state index is 0.460. The molecule has 2 heterocycles. The summed E-state index contributed by atoms with van der Waals surface area (Å²) in [6.45, 7) is 0. The van der Waals surface area contributed by atoms with Crippen LogP contribution in [0, 0.1) is 0 Å². The zero-order valence-corrected chi connectivity index (χ0v) is 7.51. The third kappa shape index (κ3) is 1.44. The van der Waals surface area contributed by atoms with Crippen LogP contribution < -0.4 is 0 Å². The molecule has 2 rings (SSSR count). The van der Waals surface area contributed by atoms with Crippen LogP contribution in [0.2, 0.25) is 4.47 Å². The SMILES string of the molecule is Clc1nnc(-c2ccncc2)s1. The molecular formula is C7H4ClN3S. The molecule has 0 aromatic carbocycles. The maximum atomic E-state index is 5.64. The molecule has 12 heavy (non-hydrogen) atoms.